The average molecular weight is 306 g/mol. The Hall–Kier alpha value is -1.36. The number of ether oxygens (including phenoxy) is 1. The first kappa shape index (κ1) is 14.6. The van der Waals surface area contributed by atoms with Gasteiger partial charge < -0.3 is 14.6 Å². The molecule has 0 aliphatic carbocycles. The molecule has 112 valence electrons. The molecule has 0 spiro atoms. The molecule has 0 radical (unpaired) electrons. The van der Waals surface area contributed by atoms with Crippen molar-refractivity contribution < 1.29 is 4.74 Å². The Labute approximate surface area is 130 Å². The molecule has 0 unspecified atom stereocenters. The molecule has 1 aromatic carbocycles. The molecule has 1 aromatic heterocycles. The van der Waals surface area contributed by atoms with Crippen molar-refractivity contribution in [3.8, 4) is 11.3 Å². The summed E-state index contributed by atoms with van der Waals surface area (Å²) in [5.74, 6) is 0.987. The van der Waals surface area contributed by atoms with Crippen LogP contribution in [0.3, 0.4) is 0 Å². The molecule has 4 nitrogen and oxygen atoms in total. The zero-order valence-corrected chi connectivity index (χ0v) is 13.1. The van der Waals surface area contributed by atoms with E-state index in [0.717, 1.165) is 35.2 Å². The summed E-state index contributed by atoms with van der Waals surface area (Å²) in [6.07, 6.45) is 2.10. The smallest absolute Gasteiger partial charge is 0.135 e. The molecule has 21 heavy (non-hydrogen) atoms. The van der Waals surface area contributed by atoms with Crippen LogP contribution in [-0.4, -0.2) is 28.2 Å². The molecular formula is C16H20ClN3O. The van der Waals surface area contributed by atoms with Gasteiger partial charge in [-0.2, -0.15) is 0 Å². The van der Waals surface area contributed by atoms with Crippen LogP contribution in [0, 0.1) is 0 Å². The van der Waals surface area contributed by atoms with Gasteiger partial charge in [-0.3, -0.25) is 0 Å². The van der Waals surface area contributed by atoms with Gasteiger partial charge in [-0.25, -0.2) is 4.98 Å². The SMILES string of the molecule is CC(C)NC[C@H]1Cn2c(-c3ccc(Cl)cc3)cnc2CO1. The molecule has 1 N–H and O–H groups in total. The van der Waals surface area contributed by atoms with Crippen LogP contribution in [0.25, 0.3) is 11.3 Å². The average Bonchev–Trinajstić information content (AvgIpc) is 2.89. The zero-order chi connectivity index (χ0) is 14.8. The molecule has 1 aliphatic heterocycles. The zero-order valence-electron chi connectivity index (χ0n) is 12.3. The van der Waals surface area contributed by atoms with Crippen molar-refractivity contribution in [3.05, 3.63) is 41.3 Å². The summed E-state index contributed by atoms with van der Waals surface area (Å²) in [6.45, 7) is 6.54. The maximum Gasteiger partial charge on any atom is 0.135 e. The number of halogens is 1. The van der Waals surface area contributed by atoms with Crippen molar-refractivity contribution in [1.29, 1.82) is 0 Å². The maximum atomic E-state index is 5.96. The van der Waals surface area contributed by atoms with Gasteiger partial charge in [-0.05, 0) is 17.7 Å². The predicted molar refractivity (Wildman–Crippen MR) is 84.4 cm³/mol. The van der Waals surface area contributed by atoms with E-state index in [1.807, 2.05) is 30.5 Å². The number of aromatic nitrogens is 2. The van der Waals surface area contributed by atoms with Gasteiger partial charge in [0, 0.05) is 17.6 Å². The van der Waals surface area contributed by atoms with Gasteiger partial charge in [0.2, 0.25) is 0 Å². The van der Waals surface area contributed by atoms with Gasteiger partial charge in [0.15, 0.2) is 0 Å². The number of nitrogens with zero attached hydrogens (tertiary/aromatic N) is 2. The fourth-order valence-corrected chi connectivity index (χ4v) is 2.65. The van der Waals surface area contributed by atoms with E-state index in [-0.39, 0.29) is 6.10 Å². The summed E-state index contributed by atoms with van der Waals surface area (Å²) in [6, 6.07) is 8.35. The number of rotatable bonds is 4. The van der Waals surface area contributed by atoms with E-state index in [1.54, 1.807) is 0 Å². The highest BCUT2D eigenvalue weighted by Crippen LogP contribution is 2.25. The fraction of sp³-hybridized carbons (Fsp3) is 0.438. The van der Waals surface area contributed by atoms with E-state index in [1.165, 1.54) is 0 Å². The van der Waals surface area contributed by atoms with Crippen molar-refractivity contribution >= 4 is 11.6 Å². The number of benzene rings is 1. The summed E-state index contributed by atoms with van der Waals surface area (Å²) in [4.78, 5) is 4.47. The minimum absolute atomic E-state index is 0.181. The van der Waals surface area contributed by atoms with Crippen LogP contribution in [-0.2, 0) is 17.9 Å². The number of hydrogen-bond acceptors (Lipinski definition) is 3. The first-order chi connectivity index (χ1) is 10.1. The van der Waals surface area contributed by atoms with Crippen molar-refractivity contribution in [2.24, 2.45) is 0 Å². The standard InChI is InChI=1S/C16H20ClN3O/c1-11(2)18-7-14-9-20-15(8-19-16(20)10-21-14)12-3-5-13(17)6-4-12/h3-6,8,11,14,18H,7,9-10H2,1-2H3/t14-/m0/s1. The van der Waals surface area contributed by atoms with Crippen molar-refractivity contribution in [3.63, 3.8) is 0 Å². The third-order valence-electron chi connectivity index (χ3n) is 3.67. The summed E-state index contributed by atoms with van der Waals surface area (Å²) in [7, 11) is 0. The third kappa shape index (κ3) is 3.28. The first-order valence-electron chi connectivity index (χ1n) is 7.29. The van der Waals surface area contributed by atoms with E-state index in [2.05, 4.69) is 28.7 Å². The van der Waals surface area contributed by atoms with Crippen LogP contribution in [0.15, 0.2) is 30.5 Å². The Kier molecular flexibility index (Phi) is 4.29. The van der Waals surface area contributed by atoms with E-state index in [4.69, 9.17) is 16.3 Å². The number of nitrogens with one attached hydrogen (secondary N) is 1. The largest absolute Gasteiger partial charge is 0.367 e. The summed E-state index contributed by atoms with van der Waals surface area (Å²) in [5, 5.41) is 4.18. The van der Waals surface area contributed by atoms with E-state index in [0.29, 0.717) is 12.6 Å². The van der Waals surface area contributed by atoms with Gasteiger partial charge in [0.25, 0.3) is 0 Å². The molecule has 1 aliphatic rings. The fourth-order valence-electron chi connectivity index (χ4n) is 2.52. The van der Waals surface area contributed by atoms with Gasteiger partial charge in [-0.1, -0.05) is 37.6 Å². The lowest BCUT2D eigenvalue weighted by molar-refractivity contribution is 0.00248. The molecule has 0 saturated carbocycles. The molecule has 5 heteroatoms. The van der Waals surface area contributed by atoms with Crippen LogP contribution in [0.2, 0.25) is 5.02 Å². The Morgan fingerprint density at radius 1 is 1.38 bits per heavy atom. The van der Waals surface area contributed by atoms with Crippen molar-refractivity contribution in [2.45, 2.75) is 39.1 Å². The van der Waals surface area contributed by atoms with E-state index in [9.17, 15) is 0 Å². The molecule has 0 bridgehead atoms. The number of fused-ring (bicyclic) bond motifs is 1. The summed E-state index contributed by atoms with van der Waals surface area (Å²) < 4.78 is 8.11. The molecule has 3 rings (SSSR count). The highest BCUT2D eigenvalue weighted by atomic mass is 35.5. The van der Waals surface area contributed by atoms with Crippen LogP contribution in [0.5, 0.6) is 0 Å². The monoisotopic (exact) mass is 305 g/mol. The molecule has 1 atom stereocenters. The van der Waals surface area contributed by atoms with Gasteiger partial charge in [-0.15, -0.1) is 0 Å². The molecule has 2 aromatic rings. The second-order valence-electron chi connectivity index (χ2n) is 5.67. The Morgan fingerprint density at radius 3 is 2.86 bits per heavy atom. The Bertz CT molecular complexity index is 606. The highest BCUT2D eigenvalue weighted by molar-refractivity contribution is 6.30. The Balaban J connectivity index is 1.80. The van der Waals surface area contributed by atoms with Crippen molar-refractivity contribution in [2.75, 3.05) is 6.54 Å². The lowest BCUT2D eigenvalue weighted by Gasteiger charge is -2.27. The lowest BCUT2D eigenvalue weighted by atomic mass is 10.1. The topological polar surface area (TPSA) is 39.1 Å². The predicted octanol–water partition coefficient (Wildman–Crippen LogP) is 3.10. The second kappa shape index (κ2) is 6.18. The Morgan fingerprint density at radius 2 is 2.14 bits per heavy atom. The summed E-state index contributed by atoms with van der Waals surface area (Å²) in [5.41, 5.74) is 2.26. The van der Waals surface area contributed by atoms with Crippen LogP contribution < -0.4 is 5.32 Å². The summed E-state index contributed by atoms with van der Waals surface area (Å²) >= 11 is 5.96. The first-order valence-corrected chi connectivity index (χ1v) is 7.66. The lowest BCUT2D eigenvalue weighted by Crippen LogP contribution is -2.38. The van der Waals surface area contributed by atoms with Crippen LogP contribution in [0.4, 0.5) is 0 Å². The molecule has 2 heterocycles. The molecular weight excluding hydrogens is 286 g/mol. The molecule has 0 saturated heterocycles. The van der Waals surface area contributed by atoms with Gasteiger partial charge in [0.05, 0.1) is 24.5 Å². The minimum Gasteiger partial charge on any atom is -0.367 e. The maximum absolute atomic E-state index is 5.96. The quantitative estimate of drug-likeness (QED) is 0.943. The van der Waals surface area contributed by atoms with E-state index >= 15 is 0 Å². The van der Waals surface area contributed by atoms with Crippen molar-refractivity contribution in [1.82, 2.24) is 14.9 Å². The highest BCUT2D eigenvalue weighted by Gasteiger charge is 2.22. The molecule has 0 fully saturated rings. The number of imidazole rings is 1. The normalized spacial score (nSPS) is 18.0. The van der Waals surface area contributed by atoms with Gasteiger partial charge in [0.1, 0.15) is 12.4 Å². The minimum atomic E-state index is 0.181. The third-order valence-corrected chi connectivity index (χ3v) is 3.92. The van der Waals surface area contributed by atoms with Crippen LogP contribution >= 0.6 is 11.6 Å². The molecule has 0 amide bonds. The van der Waals surface area contributed by atoms with E-state index < -0.39 is 0 Å². The van der Waals surface area contributed by atoms with Gasteiger partial charge >= 0.3 is 0 Å². The second-order valence-corrected chi connectivity index (χ2v) is 6.11. The number of hydrogen-bond donors (Lipinski definition) is 1. The van der Waals surface area contributed by atoms with Crippen LogP contribution in [0.1, 0.15) is 19.7 Å².